The standard InChI is InChI=1S/C13H21N3O4/c1-9-7-10(15-20-9)8-14-12(19)16(13(2,3)4)6-5-11(17)18/h7H,5-6,8H2,1-4H3,(H,14,19)(H,17,18). The molecule has 0 aromatic carbocycles. The zero-order valence-electron chi connectivity index (χ0n) is 12.3. The highest BCUT2D eigenvalue weighted by atomic mass is 16.5. The Balaban J connectivity index is 2.61. The van der Waals surface area contributed by atoms with E-state index in [1.54, 1.807) is 13.0 Å². The van der Waals surface area contributed by atoms with Gasteiger partial charge in [0.2, 0.25) is 0 Å². The number of carbonyl (C=O) groups is 2. The van der Waals surface area contributed by atoms with Crippen LogP contribution in [0.4, 0.5) is 4.79 Å². The van der Waals surface area contributed by atoms with Gasteiger partial charge in [0, 0.05) is 18.2 Å². The first-order valence-electron chi connectivity index (χ1n) is 6.39. The molecule has 7 heteroatoms. The van der Waals surface area contributed by atoms with Crippen LogP contribution in [0, 0.1) is 6.92 Å². The number of nitrogens with one attached hydrogen (secondary N) is 1. The van der Waals surface area contributed by atoms with Crippen molar-refractivity contribution < 1.29 is 19.2 Å². The normalized spacial score (nSPS) is 11.2. The van der Waals surface area contributed by atoms with Gasteiger partial charge in [0.15, 0.2) is 0 Å². The van der Waals surface area contributed by atoms with E-state index in [0.717, 1.165) is 0 Å². The van der Waals surface area contributed by atoms with Gasteiger partial charge in [-0.15, -0.1) is 0 Å². The lowest BCUT2D eigenvalue weighted by atomic mass is 10.1. The molecule has 0 fully saturated rings. The second-order valence-corrected chi connectivity index (χ2v) is 5.55. The molecule has 1 heterocycles. The van der Waals surface area contributed by atoms with Crippen LogP contribution in [0.3, 0.4) is 0 Å². The predicted octanol–water partition coefficient (Wildman–Crippen LogP) is 1.77. The molecule has 0 saturated carbocycles. The summed E-state index contributed by atoms with van der Waals surface area (Å²) in [6.07, 6.45) is -0.0895. The maximum Gasteiger partial charge on any atom is 0.318 e. The Morgan fingerprint density at radius 3 is 2.55 bits per heavy atom. The zero-order chi connectivity index (χ0) is 15.3. The van der Waals surface area contributed by atoms with Gasteiger partial charge in [-0.3, -0.25) is 4.79 Å². The summed E-state index contributed by atoms with van der Waals surface area (Å²) in [5.74, 6) is -0.257. The molecule has 1 rings (SSSR count). The minimum Gasteiger partial charge on any atom is -0.481 e. The van der Waals surface area contributed by atoms with E-state index in [9.17, 15) is 9.59 Å². The Labute approximate surface area is 117 Å². The fraction of sp³-hybridized carbons (Fsp3) is 0.615. The lowest BCUT2D eigenvalue weighted by molar-refractivity contribution is -0.137. The summed E-state index contributed by atoms with van der Waals surface area (Å²) in [4.78, 5) is 24.3. The summed E-state index contributed by atoms with van der Waals surface area (Å²) < 4.78 is 4.91. The van der Waals surface area contributed by atoms with E-state index >= 15 is 0 Å². The Morgan fingerprint density at radius 2 is 2.10 bits per heavy atom. The monoisotopic (exact) mass is 283 g/mol. The van der Waals surface area contributed by atoms with Crippen molar-refractivity contribution in [2.45, 2.75) is 46.2 Å². The summed E-state index contributed by atoms with van der Waals surface area (Å²) in [5, 5.41) is 15.2. The van der Waals surface area contributed by atoms with Gasteiger partial charge in [0.05, 0.1) is 13.0 Å². The fourth-order valence-corrected chi connectivity index (χ4v) is 1.71. The van der Waals surface area contributed by atoms with E-state index in [1.165, 1.54) is 4.90 Å². The minimum atomic E-state index is -0.931. The summed E-state index contributed by atoms with van der Waals surface area (Å²) in [6, 6.07) is 1.42. The molecule has 0 unspecified atom stereocenters. The number of aromatic nitrogens is 1. The first-order chi connectivity index (χ1) is 9.20. The van der Waals surface area contributed by atoms with Crippen LogP contribution in [0.25, 0.3) is 0 Å². The summed E-state index contributed by atoms with van der Waals surface area (Å²) in [7, 11) is 0. The van der Waals surface area contributed by atoms with Gasteiger partial charge in [-0.05, 0) is 27.7 Å². The zero-order valence-corrected chi connectivity index (χ0v) is 12.3. The van der Waals surface area contributed by atoms with Crippen molar-refractivity contribution in [3.63, 3.8) is 0 Å². The molecule has 0 atom stereocenters. The maximum atomic E-state index is 12.1. The average molecular weight is 283 g/mol. The first kappa shape index (κ1) is 16.0. The fourth-order valence-electron chi connectivity index (χ4n) is 1.71. The molecular formula is C13H21N3O4. The van der Waals surface area contributed by atoms with Gasteiger partial charge in [-0.25, -0.2) is 4.79 Å². The van der Waals surface area contributed by atoms with Crippen molar-refractivity contribution in [3.8, 4) is 0 Å². The van der Waals surface area contributed by atoms with E-state index in [4.69, 9.17) is 9.63 Å². The van der Waals surface area contributed by atoms with E-state index in [0.29, 0.717) is 11.5 Å². The van der Waals surface area contributed by atoms with Gasteiger partial charge < -0.3 is 19.8 Å². The van der Waals surface area contributed by atoms with Crippen LogP contribution in [-0.4, -0.2) is 39.2 Å². The second kappa shape index (κ2) is 6.40. The third kappa shape index (κ3) is 4.91. The summed E-state index contributed by atoms with van der Waals surface area (Å²) in [6.45, 7) is 7.74. The van der Waals surface area contributed by atoms with Gasteiger partial charge in [0.1, 0.15) is 11.5 Å². The number of urea groups is 1. The van der Waals surface area contributed by atoms with Gasteiger partial charge in [-0.1, -0.05) is 5.16 Å². The lowest BCUT2D eigenvalue weighted by Crippen LogP contribution is -2.51. The van der Waals surface area contributed by atoms with Crippen LogP contribution >= 0.6 is 0 Å². The van der Waals surface area contributed by atoms with Crippen LogP contribution in [0.1, 0.15) is 38.6 Å². The Hall–Kier alpha value is -2.05. The number of carbonyl (C=O) groups excluding carboxylic acids is 1. The highest BCUT2D eigenvalue weighted by Crippen LogP contribution is 2.14. The number of hydrogen-bond acceptors (Lipinski definition) is 4. The Kier molecular flexibility index (Phi) is 5.12. The van der Waals surface area contributed by atoms with Crippen molar-refractivity contribution in [3.05, 3.63) is 17.5 Å². The molecule has 20 heavy (non-hydrogen) atoms. The van der Waals surface area contributed by atoms with Crippen LogP contribution in [-0.2, 0) is 11.3 Å². The second-order valence-electron chi connectivity index (χ2n) is 5.55. The van der Waals surface area contributed by atoms with Gasteiger partial charge >= 0.3 is 12.0 Å². The molecule has 0 aliphatic rings. The van der Waals surface area contributed by atoms with Crippen molar-refractivity contribution in [2.75, 3.05) is 6.54 Å². The van der Waals surface area contributed by atoms with E-state index < -0.39 is 11.5 Å². The smallest absolute Gasteiger partial charge is 0.318 e. The average Bonchev–Trinajstić information content (AvgIpc) is 2.70. The molecule has 0 aliphatic heterocycles. The van der Waals surface area contributed by atoms with E-state index in [-0.39, 0.29) is 25.5 Å². The molecule has 0 saturated heterocycles. The largest absolute Gasteiger partial charge is 0.481 e. The molecule has 7 nitrogen and oxygen atoms in total. The van der Waals surface area contributed by atoms with Crippen molar-refractivity contribution in [1.29, 1.82) is 0 Å². The van der Waals surface area contributed by atoms with Crippen molar-refractivity contribution in [1.82, 2.24) is 15.4 Å². The Bertz CT molecular complexity index is 476. The molecule has 2 N–H and O–H groups in total. The number of carboxylic acid groups (broad SMARTS) is 1. The number of carboxylic acids is 1. The van der Waals surface area contributed by atoms with E-state index in [2.05, 4.69) is 10.5 Å². The number of hydrogen-bond donors (Lipinski definition) is 2. The highest BCUT2D eigenvalue weighted by Gasteiger charge is 2.26. The molecule has 0 radical (unpaired) electrons. The molecule has 0 spiro atoms. The van der Waals surface area contributed by atoms with Crippen molar-refractivity contribution in [2.24, 2.45) is 0 Å². The maximum absolute atomic E-state index is 12.1. The molecule has 0 aliphatic carbocycles. The van der Waals surface area contributed by atoms with Gasteiger partial charge in [0.25, 0.3) is 0 Å². The third-order valence-electron chi connectivity index (χ3n) is 2.70. The number of amides is 2. The quantitative estimate of drug-likeness (QED) is 0.858. The van der Waals surface area contributed by atoms with Crippen molar-refractivity contribution >= 4 is 12.0 Å². The molecular weight excluding hydrogens is 262 g/mol. The van der Waals surface area contributed by atoms with Crippen LogP contribution in [0.5, 0.6) is 0 Å². The lowest BCUT2D eigenvalue weighted by Gasteiger charge is -2.35. The first-order valence-corrected chi connectivity index (χ1v) is 6.39. The summed E-state index contributed by atoms with van der Waals surface area (Å²) in [5.41, 5.74) is 0.169. The van der Waals surface area contributed by atoms with Gasteiger partial charge in [-0.2, -0.15) is 0 Å². The van der Waals surface area contributed by atoms with E-state index in [1.807, 2.05) is 20.8 Å². The third-order valence-corrected chi connectivity index (χ3v) is 2.70. The SMILES string of the molecule is Cc1cc(CNC(=O)N(CCC(=O)O)C(C)(C)C)no1. The van der Waals surface area contributed by atoms with Crippen LogP contribution in [0.15, 0.2) is 10.6 Å². The minimum absolute atomic E-state index is 0.0895. The molecule has 1 aromatic rings. The van der Waals surface area contributed by atoms with Crippen LogP contribution < -0.4 is 5.32 Å². The number of aryl methyl sites for hydroxylation is 1. The predicted molar refractivity (Wildman–Crippen MR) is 72.2 cm³/mol. The highest BCUT2D eigenvalue weighted by molar-refractivity contribution is 5.76. The Morgan fingerprint density at radius 1 is 1.45 bits per heavy atom. The molecule has 112 valence electrons. The molecule has 2 amide bonds. The number of nitrogens with zero attached hydrogens (tertiary/aromatic N) is 2. The topological polar surface area (TPSA) is 95.7 Å². The molecule has 1 aromatic heterocycles. The number of aliphatic carboxylic acids is 1. The van der Waals surface area contributed by atoms with Crippen LogP contribution in [0.2, 0.25) is 0 Å². The number of rotatable bonds is 5. The molecule has 0 bridgehead atoms. The summed E-state index contributed by atoms with van der Waals surface area (Å²) >= 11 is 0.